The van der Waals surface area contributed by atoms with Gasteiger partial charge in [-0.2, -0.15) is 8.78 Å². The molecule has 8 nitrogen and oxygen atoms in total. The van der Waals surface area contributed by atoms with Gasteiger partial charge in [0.2, 0.25) is 5.95 Å². The number of hydrogen-bond donors (Lipinski definition) is 2. The smallest absolute Gasteiger partial charge is 0.387 e. The minimum Gasteiger partial charge on any atom is -0.434 e. The third kappa shape index (κ3) is 6.06. The van der Waals surface area contributed by atoms with Crippen molar-refractivity contribution in [2.75, 3.05) is 37.0 Å². The van der Waals surface area contributed by atoms with Crippen LogP contribution in [-0.2, 0) is 11.3 Å². The van der Waals surface area contributed by atoms with Crippen LogP contribution in [0, 0.1) is 0 Å². The second-order valence-electron chi connectivity index (χ2n) is 8.98. The first-order valence-electron chi connectivity index (χ1n) is 11.6. The number of morpholine rings is 1. The molecule has 36 heavy (non-hydrogen) atoms. The van der Waals surface area contributed by atoms with Crippen molar-refractivity contribution in [3.63, 3.8) is 0 Å². The molecule has 0 spiro atoms. The molecule has 1 aliphatic rings. The lowest BCUT2D eigenvalue weighted by atomic mass is 10.0. The molecular weight excluding hydrogens is 468 g/mol. The van der Waals surface area contributed by atoms with Crippen molar-refractivity contribution in [2.24, 2.45) is 0 Å². The van der Waals surface area contributed by atoms with E-state index in [9.17, 15) is 13.6 Å². The number of alkyl halides is 2. The average Bonchev–Trinajstić information content (AvgIpc) is 2.87. The summed E-state index contributed by atoms with van der Waals surface area (Å²) in [7, 11) is 1.55. The quantitative estimate of drug-likeness (QED) is 0.479. The Hall–Kier alpha value is -3.79. The molecule has 0 saturated carbocycles. The van der Waals surface area contributed by atoms with Crippen LogP contribution in [0.4, 0.5) is 20.4 Å². The highest BCUT2D eigenvalue weighted by Gasteiger charge is 2.28. The first-order valence-corrected chi connectivity index (χ1v) is 11.6. The zero-order chi connectivity index (χ0) is 25.7. The summed E-state index contributed by atoms with van der Waals surface area (Å²) < 4.78 is 36.0. The lowest BCUT2D eigenvalue weighted by Crippen LogP contribution is -2.48. The summed E-state index contributed by atoms with van der Waals surface area (Å²) in [5.74, 6) is 0.432. The summed E-state index contributed by atoms with van der Waals surface area (Å²) in [5.41, 5.74) is 2.80. The van der Waals surface area contributed by atoms with Crippen molar-refractivity contribution in [1.29, 1.82) is 0 Å². The number of nitrogens with one attached hydrogen (secondary N) is 2. The third-order valence-corrected chi connectivity index (χ3v) is 5.83. The Bertz CT molecular complexity index is 1200. The summed E-state index contributed by atoms with van der Waals surface area (Å²) in [4.78, 5) is 23.7. The first kappa shape index (κ1) is 25.3. The molecule has 1 saturated heterocycles. The van der Waals surface area contributed by atoms with E-state index in [-0.39, 0.29) is 23.8 Å². The molecule has 1 aromatic heterocycles. The van der Waals surface area contributed by atoms with Crippen LogP contribution >= 0.6 is 0 Å². The number of hydrogen-bond acceptors (Lipinski definition) is 7. The fourth-order valence-corrected chi connectivity index (χ4v) is 4.07. The Kier molecular flexibility index (Phi) is 7.64. The average molecular weight is 498 g/mol. The Labute approximate surface area is 208 Å². The van der Waals surface area contributed by atoms with Crippen molar-refractivity contribution in [1.82, 2.24) is 15.3 Å². The highest BCUT2D eigenvalue weighted by Crippen LogP contribution is 2.28. The van der Waals surface area contributed by atoms with Gasteiger partial charge in [0, 0.05) is 55.9 Å². The van der Waals surface area contributed by atoms with Crippen LogP contribution in [0.1, 0.15) is 29.8 Å². The van der Waals surface area contributed by atoms with Gasteiger partial charge >= 0.3 is 6.61 Å². The van der Waals surface area contributed by atoms with Crippen LogP contribution in [0.25, 0.3) is 11.1 Å². The second kappa shape index (κ2) is 10.9. The fourth-order valence-electron chi connectivity index (χ4n) is 4.07. The van der Waals surface area contributed by atoms with E-state index in [1.807, 2.05) is 26.0 Å². The predicted octanol–water partition coefficient (Wildman–Crippen LogP) is 4.33. The van der Waals surface area contributed by atoms with Crippen LogP contribution in [0.2, 0.25) is 0 Å². The third-order valence-electron chi connectivity index (χ3n) is 5.83. The van der Waals surface area contributed by atoms with E-state index < -0.39 is 6.61 Å². The van der Waals surface area contributed by atoms with E-state index in [2.05, 4.69) is 30.2 Å². The highest BCUT2D eigenvalue weighted by atomic mass is 19.3. The van der Waals surface area contributed by atoms with Gasteiger partial charge in [-0.25, -0.2) is 9.97 Å². The molecule has 0 atom stereocenters. The summed E-state index contributed by atoms with van der Waals surface area (Å²) in [6.45, 7) is 3.34. The standard InChI is InChI=1S/C26H29F2N5O3/c1-26(2)16-33(10-11-35-26)25-31-14-19(15-32-25)17-8-9-20(23(34)29-3)21(12-17)30-13-18-6-4-5-7-22(18)36-24(27)28/h4-9,12,14-15,24,30H,10-11,13,16H2,1-3H3,(H,29,34). The summed E-state index contributed by atoms with van der Waals surface area (Å²) in [6.07, 6.45) is 3.49. The molecule has 1 aliphatic heterocycles. The van der Waals surface area contributed by atoms with E-state index in [1.54, 1.807) is 43.7 Å². The number of anilines is 2. The molecule has 2 heterocycles. The van der Waals surface area contributed by atoms with Crippen molar-refractivity contribution in [3.05, 3.63) is 66.0 Å². The Morgan fingerprint density at radius 1 is 1.17 bits per heavy atom. The molecule has 0 aliphatic carbocycles. The number of carbonyl (C=O) groups is 1. The molecule has 190 valence electrons. The van der Waals surface area contributed by atoms with E-state index >= 15 is 0 Å². The van der Waals surface area contributed by atoms with Crippen molar-refractivity contribution < 1.29 is 23.0 Å². The van der Waals surface area contributed by atoms with Crippen LogP contribution < -0.4 is 20.3 Å². The van der Waals surface area contributed by atoms with Crippen LogP contribution in [-0.4, -0.2) is 54.8 Å². The largest absolute Gasteiger partial charge is 0.434 e. The van der Waals surface area contributed by atoms with E-state index in [0.29, 0.717) is 42.5 Å². The summed E-state index contributed by atoms with van der Waals surface area (Å²) in [6, 6.07) is 11.9. The maximum Gasteiger partial charge on any atom is 0.387 e. The Balaban J connectivity index is 1.57. The number of halogens is 2. The molecule has 0 radical (unpaired) electrons. The SMILES string of the molecule is CNC(=O)c1ccc(-c2cnc(N3CCOC(C)(C)C3)nc2)cc1NCc1ccccc1OC(F)F. The van der Waals surface area contributed by atoms with Crippen LogP contribution in [0.3, 0.4) is 0 Å². The monoisotopic (exact) mass is 497 g/mol. The molecule has 2 N–H and O–H groups in total. The van der Waals surface area contributed by atoms with Crippen molar-refractivity contribution in [2.45, 2.75) is 32.6 Å². The van der Waals surface area contributed by atoms with E-state index in [1.165, 1.54) is 6.07 Å². The Morgan fingerprint density at radius 3 is 2.61 bits per heavy atom. The molecule has 2 aromatic carbocycles. The number of carbonyl (C=O) groups excluding carboxylic acids is 1. The number of benzene rings is 2. The number of rotatable bonds is 8. The number of aromatic nitrogens is 2. The maximum atomic E-state index is 12.8. The summed E-state index contributed by atoms with van der Waals surface area (Å²) >= 11 is 0. The van der Waals surface area contributed by atoms with E-state index in [0.717, 1.165) is 11.1 Å². The molecule has 1 fully saturated rings. The lowest BCUT2D eigenvalue weighted by Gasteiger charge is -2.38. The van der Waals surface area contributed by atoms with Gasteiger partial charge in [0.05, 0.1) is 17.8 Å². The number of amides is 1. The van der Waals surface area contributed by atoms with Gasteiger partial charge in [0.25, 0.3) is 5.91 Å². The zero-order valence-corrected chi connectivity index (χ0v) is 20.4. The fraction of sp³-hybridized carbons (Fsp3) is 0.346. The molecule has 3 aromatic rings. The molecule has 4 rings (SSSR count). The molecule has 10 heteroatoms. The molecule has 1 amide bonds. The van der Waals surface area contributed by atoms with Gasteiger partial charge in [0.15, 0.2) is 0 Å². The Morgan fingerprint density at radius 2 is 1.92 bits per heavy atom. The highest BCUT2D eigenvalue weighted by molar-refractivity contribution is 6.00. The van der Waals surface area contributed by atoms with Gasteiger partial charge in [0.1, 0.15) is 5.75 Å². The molecular formula is C26H29F2N5O3. The van der Waals surface area contributed by atoms with Gasteiger partial charge in [-0.3, -0.25) is 4.79 Å². The number of ether oxygens (including phenoxy) is 2. The minimum atomic E-state index is -2.93. The first-order chi connectivity index (χ1) is 17.3. The zero-order valence-electron chi connectivity index (χ0n) is 20.4. The van der Waals surface area contributed by atoms with Gasteiger partial charge < -0.3 is 25.0 Å². The van der Waals surface area contributed by atoms with E-state index in [4.69, 9.17) is 4.74 Å². The normalized spacial score (nSPS) is 15.0. The maximum absolute atomic E-state index is 12.8. The van der Waals surface area contributed by atoms with Crippen molar-refractivity contribution in [3.8, 4) is 16.9 Å². The summed E-state index contributed by atoms with van der Waals surface area (Å²) in [5, 5.41) is 5.82. The predicted molar refractivity (Wildman–Crippen MR) is 134 cm³/mol. The van der Waals surface area contributed by atoms with Gasteiger partial charge in [-0.15, -0.1) is 0 Å². The molecule has 0 unspecified atom stereocenters. The minimum absolute atomic E-state index is 0.0768. The van der Waals surface area contributed by atoms with Gasteiger partial charge in [-0.1, -0.05) is 24.3 Å². The number of nitrogens with zero attached hydrogens (tertiary/aromatic N) is 3. The lowest BCUT2D eigenvalue weighted by molar-refractivity contribution is -0.0504. The van der Waals surface area contributed by atoms with Gasteiger partial charge in [-0.05, 0) is 37.6 Å². The molecule has 0 bridgehead atoms. The topological polar surface area (TPSA) is 88.6 Å². The second-order valence-corrected chi connectivity index (χ2v) is 8.98. The van der Waals surface area contributed by atoms with Crippen LogP contribution in [0.15, 0.2) is 54.9 Å². The van der Waals surface area contributed by atoms with Crippen LogP contribution in [0.5, 0.6) is 5.75 Å². The van der Waals surface area contributed by atoms with Crippen molar-refractivity contribution >= 4 is 17.5 Å². The number of para-hydroxylation sites is 1.